The van der Waals surface area contributed by atoms with E-state index < -0.39 is 0 Å². The molecule has 4 rings (SSSR count). The smallest absolute Gasteiger partial charge is 0.341 e. The Morgan fingerprint density at radius 2 is 2.19 bits per heavy atom. The van der Waals surface area contributed by atoms with Crippen LogP contribution in [0.2, 0.25) is 0 Å². The van der Waals surface area contributed by atoms with Crippen LogP contribution in [0.5, 0.6) is 0 Å². The Balaban J connectivity index is 1.33. The maximum absolute atomic E-state index is 12.4. The zero-order chi connectivity index (χ0) is 18.5. The van der Waals surface area contributed by atoms with E-state index in [4.69, 9.17) is 14.3 Å². The van der Waals surface area contributed by atoms with Crippen LogP contribution < -0.4 is 10.4 Å². The highest BCUT2D eigenvalue weighted by atomic mass is 16.7. The van der Waals surface area contributed by atoms with Crippen LogP contribution in [-0.4, -0.2) is 73.8 Å². The van der Waals surface area contributed by atoms with E-state index in [1.165, 1.54) is 0 Å². The molecule has 2 saturated heterocycles. The van der Waals surface area contributed by atoms with Crippen LogP contribution in [0.3, 0.4) is 0 Å². The number of carbonyl (C=O) groups excluding carboxylic acids is 1. The van der Waals surface area contributed by atoms with Crippen LogP contribution in [0.15, 0.2) is 6.07 Å². The van der Waals surface area contributed by atoms with Gasteiger partial charge in [0.15, 0.2) is 5.82 Å². The summed E-state index contributed by atoms with van der Waals surface area (Å²) in [5.74, 6) is 1.22. The maximum Gasteiger partial charge on any atom is 0.341 e. The molecule has 3 aliphatic heterocycles. The van der Waals surface area contributed by atoms with E-state index in [1.54, 1.807) is 4.90 Å². The van der Waals surface area contributed by atoms with Gasteiger partial charge in [0.05, 0.1) is 25.5 Å². The number of anilines is 1. The third kappa shape index (κ3) is 4.66. The number of hydrogen-bond donors (Lipinski definition) is 1. The number of hydroxylamine groups is 1. The van der Waals surface area contributed by atoms with Crippen molar-refractivity contribution in [3.05, 3.63) is 17.3 Å². The van der Waals surface area contributed by atoms with Crippen LogP contribution in [0.4, 0.5) is 10.6 Å². The predicted octanol–water partition coefficient (Wildman–Crippen LogP) is 0.739. The molecule has 1 atom stereocenters. The zero-order valence-electron chi connectivity index (χ0n) is 15.6. The van der Waals surface area contributed by atoms with Crippen molar-refractivity contribution >= 4 is 11.8 Å². The van der Waals surface area contributed by atoms with Crippen molar-refractivity contribution in [3.8, 4) is 0 Å². The lowest BCUT2D eigenvalue weighted by molar-refractivity contribution is 0.0226. The van der Waals surface area contributed by atoms with Crippen molar-refractivity contribution in [3.63, 3.8) is 0 Å². The van der Waals surface area contributed by atoms with Gasteiger partial charge >= 0.3 is 6.03 Å². The summed E-state index contributed by atoms with van der Waals surface area (Å²) in [7, 11) is 0. The molecular formula is C18H27N5O4. The van der Waals surface area contributed by atoms with E-state index in [9.17, 15) is 4.79 Å². The Morgan fingerprint density at radius 3 is 3.07 bits per heavy atom. The number of amides is 2. The highest BCUT2D eigenvalue weighted by Gasteiger charge is 2.24. The fourth-order valence-corrected chi connectivity index (χ4v) is 3.62. The Hall–Kier alpha value is -1.97. The minimum absolute atomic E-state index is 0.207. The minimum Gasteiger partial charge on any atom is -0.381 e. The van der Waals surface area contributed by atoms with Gasteiger partial charge in [-0.2, -0.15) is 5.10 Å². The molecule has 0 spiro atoms. The van der Waals surface area contributed by atoms with Gasteiger partial charge in [0.25, 0.3) is 0 Å². The summed E-state index contributed by atoms with van der Waals surface area (Å²) in [6.45, 7) is 6.32. The van der Waals surface area contributed by atoms with Gasteiger partial charge in [-0.3, -0.25) is 4.84 Å². The molecule has 1 N–H and O–H groups in total. The molecule has 1 aromatic heterocycles. The lowest BCUT2D eigenvalue weighted by Crippen LogP contribution is -2.43. The number of hydrogen-bond acceptors (Lipinski definition) is 7. The summed E-state index contributed by atoms with van der Waals surface area (Å²) in [5.41, 5.74) is 4.59. The fourth-order valence-electron chi connectivity index (χ4n) is 3.62. The lowest BCUT2D eigenvalue weighted by Gasteiger charge is -2.29. The SMILES string of the molecule is O=C(NOCC1CCOC1)N1CCc2nnc(N3CCCOCC3)cc2C1. The van der Waals surface area contributed by atoms with Crippen molar-refractivity contribution < 1.29 is 19.1 Å². The topological polar surface area (TPSA) is 89.1 Å². The summed E-state index contributed by atoms with van der Waals surface area (Å²) < 4.78 is 10.8. The molecule has 1 aromatic rings. The van der Waals surface area contributed by atoms with Gasteiger partial charge in [0, 0.05) is 51.7 Å². The molecule has 0 bridgehead atoms. The molecule has 27 heavy (non-hydrogen) atoms. The van der Waals surface area contributed by atoms with Crippen LogP contribution in [0, 0.1) is 5.92 Å². The summed E-state index contributed by atoms with van der Waals surface area (Å²) in [4.78, 5) is 21.7. The summed E-state index contributed by atoms with van der Waals surface area (Å²) in [6, 6.07) is 1.85. The number of carbonyl (C=O) groups is 1. The highest BCUT2D eigenvalue weighted by molar-refractivity contribution is 5.73. The minimum atomic E-state index is -0.207. The van der Waals surface area contributed by atoms with E-state index in [2.05, 4.69) is 26.6 Å². The quantitative estimate of drug-likeness (QED) is 0.774. The Morgan fingerprint density at radius 1 is 1.22 bits per heavy atom. The molecule has 0 aromatic carbocycles. The van der Waals surface area contributed by atoms with Gasteiger partial charge in [-0.1, -0.05) is 0 Å². The van der Waals surface area contributed by atoms with Gasteiger partial charge in [0.2, 0.25) is 0 Å². The number of rotatable bonds is 4. The van der Waals surface area contributed by atoms with E-state index in [-0.39, 0.29) is 6.03 Å². The molecule has 0 aliphatic carbocycles. The van der Waals surface area contributed by atoms with Gasteiger partial charge in [-0.15, -0.1) is 5.10 Å². The zero-order valence-corrected chi connectivity index (χ0v) is 15.6. The molecule has 4 heterocycles. The average Bonchev–Trinajstić information content (AvgIpc) is 3.07. The first-order valence-corrected chi connectivity index (χ1v) is 9.72. The molecule has 3 aliphatic rings. The van der Waals surface area contributed by atoms with Crippen LogP contribution in [0.1, 0.15) is 24.1 Å². The van der Waals surface area contributed by atoms with E-state index >= 15 is 0 Å². The molecule has 0 saturated carbocycles. The molecule has 2 fully saturated rings. The molecule has 148 valence electrons. The standard InChI is InChI=1S/C18H27N5O4/c24-18(21-27-13-14-3-8-26-12-14)23-5-2-16-15(11-23)10-17(20-19-16)22-4-1-7-25-9-6-22/h10,14H,1-9,11-13H2,(H,21,24). The van der Waals surface area contributed by atoms with Crippen molar-refractivity contribution in [2.45, 2.75) is 25.8 Å². The predicted molar refractivity (Wildman–Crippen MR) is 97.2 cm³/mol. The van der Waals surface area contributed by atoms with Crippen LogP contribution in [0.25, 0.3) is 0 Å². The van der Waals surface area contributed by atoms with Crippen molar-refractivity contribution in [1.29, 1.82) is 0 Å². The third-order valence-electron chi connectivity index (χ3n) is 5.26. The second-order valence-corrected chi connectivity index (χ2v) is 7.25. The monoisotopic (exact) mass is 377 g/mol. The van der Waals surface area contributed by atoms with E-state index in [1.807, 2.05) is 0 Å². The number of nitrogens with zero attached hydrogens (tertiary/aromatic N) is 4. The van der Waals surface area contributed by atoms with Crippen LogP contribution in [-0.2, 0) is 27.3 Å². The van der Waals surface area contributed by atoms with Crippen molar-refractivity contribution in [1.82, 2.24) is 20.6 Å². The number of urea groups is 1. The molecule has 9 nitrogen and oxygen atoms in total. The molecule has 9 heteroatoms. The lowest BCUT2D eigenvalue weighted by atomic mass is 10.1. The van der Waals surface area contributed by atoms with Gasteiger partial charge in [0.1, 0.15) is 0 Å². The number of ether oxygens (including phenoxy) is 2. The van der Waals surface area contributed by atoms with Gasteiger partial charge in [-0.05, 0) is 24.5 Å². The largest absolute Gasteiger partial charge is 0.381 e. The second kappa shape index (κ2) is 8.81. The summed E-state index contributed by atoms with van der Waals surface area (Å²) in [6.07, 6.45) is 2.67. The fraction of sp³-hybridized carbons (Fsp3) is 0.722. The number of nitrogens with one attached hydrogen (secondary N) is 1. The first-order chi connectivity index (χ1) is 13.3. The highest BCUT2D eigenvalue weighted by Crippen LogP contribution is 2.21. The Labute approximate surface area is 158 Å². The van der Waals surface area contributed by atoms with Crippen LogP contribution >= 0.6 is 0 Å². The molecule has 0 radical (unpaired) electrons. The molecular weight excluding hydrogens is 350 g/mol. The van der Waals surface area contributed by atoms with Crippen molar-refractivity contribution in [2.75, 3.05) is 57.6 Å². The summed E-state index contributed by atoms with van der Waals surface area (Å²) >= 11 is 0. The molecule has 2 amide bonds. The first-order valence-electron chi connectivity index (χ1n) is 9.72. The maximum atomic E-state index is 12.4. The second-order valence-electron chi connectivity index (χ2n) is 7.25. The summed E-state index contributed by atoms with van der Waals surface area (Å²) in [5, 5.41) is 8.78. The molecule has 1 unspecified atom stereocenters. The Bertz CT molecular complexity index is 645. The van der Waals surface area contributed by atoms with Gasteiger partial charge in [-0.25, -0.2) is 10.3 Å². The third-order valence-corrected chi connectivity index (χ3v) is 5.26. The van der Waals surface area contributed by atoms with E-state index in [0.29, 0.717) is 45.2 Å². The Kier molecular flexibility index (Phi) is 6.00. The van der Waals surface area contributed by atoms with E-state index in [0.717, 1.165) is 56.2 Å². The number of aromatic nitrogens is 2. The van der Waals surface area contributed by atoms with Crippen molar-refractivity contribution in [2.24, 2.45) is 5.92 Å². The normalized spacial score (nSPS) is 23.0. The first kappa shape index (κ1) is 18.4. The average molecular weight is 377 g/mol. The van der Waals surface area contributed by atoms with Gasteiger partial charge < -0.3 is 19.3 Å². The number of fused-ring (bicyclic) bond motifs is 1.